The van der Waals surface area contributed by atoms with Gasteiger partial charge in [0.25, 0.3) is 5.91 Å². The minimum absolute atomic E-state index is 0.0357. The first kappa shape index (κ1) is 18.9. The van der Waals surface area contributed by atoms with E-state index in [-0.39, 0.29) is 18.2 Å². The maximum atomic E-state index is 12.7. The standard InChI is InChI=1S/C20H25N3O4/c1-13-5-6-16(11-18(13)26-4)20(25)23-9-7-22(8-10-23)19(24)12-17-14(2)21-27-15(17)3/h5-6,11H,7-10,12H2,1-4H3. The molecule has 2 amide bonds. The van der Waals surface area contributed by atoms with Crippen molar-refractivity contribution in [1.29, 1.82) is 0 Å². The summed E-state index contributed by atoms with van der Waals surface area (Å²) in [5.74, 6) is 1.39. The molecule has 7 heteroatoms. The van der Waals surface area contributed by atoms with Crippen LogP contribution in [0.1, 0.15) is 32.9 Å². The first-order valence-electron chi connectivity index (χ1n) is 9.04. The quantitative estimate of drug-likeness (QED) is 0.823. The van der Waals surface area contributed by atoms with Gasteiger partial charge in [0, 0.05) is 37.3 Å². The molecule has 1 aliphatic heterocycles. The molecule has 0 radical (unpaired) electrons. The highest BCUT2D eigenvalue weighted by molar-refractivity contribution is 5.95. The third kappa shape index (κ3) is 3.97. The Balaban J connectivity index is 1.60. The third-order valence-electron chi connectivity index (χ3n) is 5.08. The number of nitrogens with zero attached hydrogens (tertiary/aromatic N) is 3. The van der Waals surface area contributed by atoms with Crippen LogP contribution in [0, 0.1) is 20.8 Å². The normalized spacial score (nSPS) is 14.4. The Hall–Kier alpha value is -2.83. The Morgan fingerprint density at radius 3 is 2.37 bits per heavy atom. The molecule has 0 aliphatic carbocycles. The van der Waals surface area contributed by atoms with E-state index in [0.717, 1.165) is 16.8 Å². The summed E-state index contributed by atoms with van der Waals surface area (Å²) in [6, 6.07) is 5.47. The number of rotatable bonds is 4. The second-order valence-corrected chi connectivity index (χ2v) is 6.84. The van der Waals surface area contributed by atoms with Crippen molar-refractivity contribution in [3.63, 3.8) is 0 Å². The fourth-order valence-electron chi connectivity index (χ4n) is 3.31. The predicted molar refractivity (Wildman–Crippen MR) is 99.9 cm³/mol. The average molecular weight is 371 g/mol. The molecule has 1 saturated heterocycles. The van der Waals surface area contributed by atoms with Gasteiger partial charge < -0.3 is 19.1 Å². The van der Waals surface area contributed by atoms with Crippen LogP contribution in [0.15, 0.2) is 22.7 Å². The van der Waals surface area contributed by atoms with Gasteiger partial charge in [0.1, 0.15) is 11.5 Å². The number of benzene rings is 1. The predicted octanol–water partition coefficient (Wildman–Crippen LogP) is 2.14. The summed E-state index contributed by atoms with van der Waals surface area (Å²) < 4.78 is 10.4. The highest BCUT2D eigenvalue weighted by Gasteiger charge is 2.26. The highest BCUT2D eigenvalue weighted by atomic mass is 16.5. The lowest BCUT2D eigenvalue weighted by Crippen LogP contribution is -2.51. The number of carbonyl (C=O) groups excluding carboxylic acids is 2. The summed E-state index contributed by atoms with van der Waals surface area (Å²) in [6.45, 7) is 7.68. The molecule has 0 spiro atoms. The highest BCUT2D eigenvalue weighted by Crippen LogP contribution is 2.21. The van der Waals surface area contributed by atoms with Gasteiger partial charge in [-0.2, -0.15) is 0 Å². The molecular formula is C20H25N3O4. The maximum absolute atomic E-state index is 12.7. The van der Waals surface area contributed by atoms with Crippen LogP contribution >= 0.6 is 0 Å². The molecule has 0 saturated carbocycles. The molecule has 27 heavy (non-hydrogen) atoms. The van der Waals surface area contributed by atoms with Crippen molar-refractivity contribution < 1.29 is 18.8 Å². The number of carbonyl (C=O) groups is 2. The van der Waals surface area contributed by atoms with E-state index in [1.807, 2.05) is 32.9 Å². The van der Waals surface area contributed by atoms with Gasteiger partial charge in [0.05, 0.1) is 19.2 Å². The second kappa shape index (κ2) is 7.82. The molecule has 3 rings (SSSR count). The van der Waals surface area contributed by atoms with E-state index in [1.54, 1.807) is 23.0 Å². The molecule has 7 nitrogen and oxygen atoms in total. The first-order chi connectivity index (χ1) is 12.9. The molecule has 2 aromatic rings. The van der Waals surface area contributed by atoms with Gasteiger partial charge in [-0.1, -0.05) is 11.2 Å². The zero-order valence-electron chi connectivity index (χ0n) is 16.2. The molecule has 2 heterocycles. The molecule has 1 aliphatic rings. The third-order valence-corrected chi connectivity index (χ3v) is 5.08. The van der Waals surface area contributed by atoms with Crippen LogP contribution in [0.25, 0.3) is 0 Å². The van der Waals surface area contributed by atoms with Crippen LogP contribution in [0.5, 0.6) is 5.75 Å². The van der Waals surface area contributed by atoms with Crippen LogP contribution in [-0.2, 0) is 11.2 Å². The van der Waals surface area contributed by atoms with Crippen molar-refractivity contribution in [3.05, 3.63) is 46.3 Å². The zero-order valence-corrected chi connectivity index (χ0v) is 16.2. The molecule has 1 aromatic carbocycles. The van der Waals surface area contributed by atoms with Gasteiger partial charge >= 0.3 is 0 Å². The lowest BCUT2D eigenvalue weighted by Gasteiger charge is -2.35. The van der Waals surface area contributed by atoms with E-state index in [1.165, 1.54) is 0 Å². The number of amides is 2. The Labute approximate surface area is 158 Å². The number of aromatic nitrogens is 1. The van der Waals surface area contributed by atoms with Gasteiger partial charge in [-0.25, -0.2) is 0 Å². The maximum Gasteiger partial charge on any atom is 0.254 e. The van der Waals surface area contributed by atoms with Crippen molar-refractivity contribution in [3.8, 4) is 5.75 Å². The first-order valence-corrected chi connectivity index (χ1v) is 9.04. The van der Waals surface area contributed by atoms with Crippen LogP contribution in [0.4, 0.5) is 0 Å². The SMILES string of the molecule is COc1cc(C(=O)N2CCN(C(=O)Cc3c(C)noc3C)CC2)ccc1C. The summed E-state index contributed by atoms with van der Waals surface area (Å²) in [7, 11) is 1.60. The molecule has 1 fully saturated rings. The Morgan fingerprint density at radius 2 is 1.78 bits per heavy atom. The topological polar surface area (TPSA) is 75.9 Å². The van der Waals surface area contributed by atoms with E-state index in [2.05, 4.69) is 5.16 Å². The Kier molecular flexibility index (Phi) is 5.48. The lowest BCUT2D eigenvalue weighted by molar-refractivity contribution is -0.131. The van der Waals surface area contributed by atoms with E-state index in [9.17, 15) is 9.59 Å². The molecular weight excluding hydrogens is 346 g/mol. The summed E-state index contributed by atoms with van der Waals surface area (Å²) in [5, 5.41) is 3.89. The number of ether oxygens (including phenoxy) is 1. The van der Waals surface area contributed by atoms with Crippen molar-refractivity contribution in [2.24, 2.45) is 0 Å². The van der Waals surface area contributed by atoms with E-state index >= 15 is 0 Å². The number of methoxy groups -OCH3 is 1. The van der Waals surface area contributed by atoms with Gasteiger partial charge in [-0.15, -0.1) is 0 Å². The Morgan fingerprint density at radius 1 is 1.11 bits per heavy atom. The van der Waals surface area contributed by atoms with Crippen LogP contribution < -0.4 is 4.74 Å². The van der Waals surface area contributed by atoms with Crippen molar-refractivity contribution in [2.75, 3.05) is 33.3 Å². The van der Waals surface area contributed by atoms with Crippen LogP contribution in [0.2, 0.25) is 0 Å². The number of aryl methyl sites for hydroxylation is 3. The second-order valence-electron chi connectivity index (χ2n) is 6.84. The molecule has 0 unspecified atom stereocenters. The van der Waals surface area contributed by atoms with Gasteiger partial charge in [0.15, 0.2) is 0 Å². The Bertz CT molecular complexity index is 831. The molecule has 0 N–H and O–H groups in total. The molecule has 144 valence electrons. The minimum Gasteiger partial charge on any atom is -0.496 e. The molecule has 1 aromatic heterocycles. The minimum atomic E-state index is -0.0360. The summed E-state index contributed by atoms with van der Waals surface area (Å²) >= 11 is 0. The lowest BCUT2D eigenvalue weighted by atomic mass is 10.1. The number of piperazine rings is 1. The van der Waals surface area contributed by atoms with E-state index in [0.29, 0.717) is 43.3 Å². The van der Waals surface area contributed by atoms with Gasteiger partial charge in [0.2, 0.25) is 5.91 Å². The largest absolute Gasteiger partial charge is 0.496 e. The van der Waals surface area contributed by atoms with Crippen molar-refractivity contribution in [2.45, 2.75) is 27.2 Å². The number of hydrogen-bond donors (Lipinski definition) is 0. The molecule has 0 bridgehead atoms. The monoisotopic (exact) mass is 371 g/mol. The summed E-state index contributed by atoms with van der Waals surface area (Å²) in [4.78, 5) is 28.9. The smallest absolute Gasteiger partial charge is 0.254 e. The molecule has 0 atom stereocenters. The van der Waals surface area contributed by atoms with Crippen LogP contribution in [-0.4, -0.2) is 60.1 Å². The summed E-state index contributed by atoms with van der Waals surface area (Å²) in [5.41, 5.74) is 3.20. The van der Waals surface area contributed by atoms with Gasteiger partial charge in [-0.05, 0) is 38.5 Å². The fourth-order valence-corrected chi connectivity index (χ4v) is 3.31. The number of hydrogen-bond acceptors (Lipinski definition) is 5. The van der Waals surface area contributed by atoms with Gasteiger partial charge in [-0.3, -0.25) is 9.59 Å². The van der Waals surface area contributed by atoms with E-state index < -0.39 is 0 Å². The summed E-state index contributed by atoms with van der Waals surface area (Å²) in [6.07, 6.45) is 0.282. The zero-order chi connectivity index (χ0) is 19.6. The van der Waals surface area contributed by atoms with Crippen LogP contribution in [0.3, 0.4) is 0 Å². The fraction of sp³-hybridized carbons (Fsp3) is 0.450. The van der Waals surface area contributed by atoms with Crippen molar-refractivity contribution >= 4 is 11.8 Å². The van der Waals surface area contributed by atoms with Crippen molar-refractivity contribution in [1.82, 2.24) is 15.0 Å². The average Bonchev–Trinajstić information content (AvgIpc) is 3.00. The van der Waals surface area contributed by atoms with E-state index in [4.69, 9.17) is 9.26 Å².